The van der Waals surface area contributed by atoms with Crippen LogP contribution in [-0.2, 0) is 4.79 Å². The van der Waals surface area contributed by atoms with Crippen molar-refractivity contribution in [2.24, 2.45) is 5.92 Å². The van der Waals surface area contributed by atoms with E-state index in [0.717, 1.165) is 6.42 Å². The molecule has 0 aromatic carbocycles. The number of carbonyl (C=O) groups excluding carboxylic acids is 1. The molecule has 1 aromatic heterocycles. The van der Waals surface area contributed by atoms with Crippen LogP contribution >= 0.6 is 12.4 Å². The van der Waals surface area contributed by atoms with Crippen LogP contribution in [0.3, 0.4) is 0 Å². The molecular weight excluding hydrogens is 226 g/mol. The molecule has 1 heterocycles. The third-order valence-corrected chi connectivity index (χ3v) is 2.02. The number of hydrogen-bond donors (Lipinski definition) is 2. The molecule has 0 aliphatic carbocycles. The van der Waals surface area contributed by atoms with Crippen LogP contribution in [0.4, 0.5) is 11.5 Å². The molecule has 0 radical (unpaired) electrons. The molecule has 1 rings (SSSR count). The fraction of sp³-hybridized carbons (Fsp3) is 0.455. The van der Waals surface area contributed by atoms with Crippen LogP contribution in [0.15, 0.2) is 18.3 Å². The van der Waals surface area contributed by atoms with Crippen molar-refractivity contribution in [1.82, 2.24) is 4.98 Å². The molecule has 0 spiro atoms. The van der Waals surface area contributed by atoms with E-state index in [9.17, 15) is 4.79 Å². The first kappa shape index (κ1) is 14.7. The highest BCUT2D eigenvalue weighted by Crippen LogP contribution is 2.09. The maximum atomic E-state index is 11.4. The van der Waals surface area contributed by atoms with Crippen LogP contribution in [-0.4, -0.2) is 10.9 Å². The summed E-state index contributed by atoms with van der Waals surface area (Å²) in [4.78, 5) is 15.3. The van der Waals surface area contributed by atoms with Gasteiger partial charge >= 0.3 is 0 Å². The third-order valence-electron chi connectivity index (χ3n) is 2.02. The van der Waals surface area contributed by atoms with Gasteiger partial charge in [-0.05, 0) is 24.5 Å². The highest BCUT2D eigenvalue weighted by molar-refractivity contribution is 5.90. The van der Waals surface area contributed by atoms with E-state index in [-0.39, 0.29) is 18.3 Å². The Labute approximate surface area is 102 Å². The number of amides is 1. The van der Waals surface area contributed by atoms with Crippen LogP contribution in [0, 0.1) is 5.92 Å². The third kappa shape index (κ3) is 5.56. The summed E-state index contributed by atoms with van der Waals surface area (Å²) < 4.78 is 0. The van der Waals surface area contributed by atoms with E-state index in [2.05, 4.69) is 24.1 Å². The van der Waals surface area contributed by atoms with Gasteiger partial charge < -0.3 is 11.1 Å². The van der Waals surface area contributed by atoms with Crippen molar-refractivity contribution >= 4 is 29.8 Å². The van der Waals surface area contributed by atoms with Gasteiger partial charge in [0.25, 0.3) is 0 Å². The number of nitrogen functional groups attached to an aromatic ring is 1. The lowest BCUT2D eigenvalue weighted by Gasteiger charge is -2.06. The maximum absolute atomic E-state index is 11.4. The first-order valence-electron chi connectivity index (χ1n) is 5.09. The number of nitrogens with two attached hydrogens (primary N) is 1. The zero-order valence-corrected chi connectivity index (χ0v) is 10.4. The van der Waals surface area contributed by atoms with Crippen molar-refractivity contribution in [3.63, 3.8) is 0 Å². The van der Waals surface area contributed by atoms with E-state index < -0.39 is 0 Å². The van der Waals surface area contributed by atoms with Crippen molar-refractivity contribution in [2.75, 3.05) is 11.1 Å². The van der Waals surface area contributed by atoms with E-state index >= 15 is 0 Å². The zero-order chi connectivity index (χ0) is 11.3. The molecule has 0 bridgehead atoms. The summed E-state index contributed by atoms with van der Waals surface area (Å²) in [6.07, 6.45) is 3.00. The van der Waals surface area contributed by atoms with Crippen LogP contribution < -0.4 is 11.1 Å². The minimum atomic E-state index is 0. The highest BCUT2D eigenvalue weighted by atomic mass is 35.5. The maximum Gasteiger partial charge on any atom is 0.224 e. The molecule has 0 unspecified atom stereocenters. The Balaban J connectivity index is 0.00000225. The van der Waals surface area contributed by atoms with Crippen LogP contribution in [0.1, 0.15) is 26.7 Å². The molecule has 5 heteroatoms. The number of carbonyl (C=O) groups is 1. The van der Waals surface area contributed by atoms with Gasteiger partial charge in [0.2, 0.25) is 5.91 Å². The molecule has 0 aliphatic rings. The molecule has 1 amide bonds. The van der Waals surface area contributed by atoms with Gasteiger partial charge in [-0.1, -0.05) is 13.8 Å². The predicted octanol–water partition coefficient (Wildman–Crippen LogP) is 2.46. The van der Waals surface area contributed by atoms with Crippen LogP contribution in [0.2, 0.25) is 0 Å². The summed E-state index contributed by atoms with van der Waals surface area (Å²) in [5, 5.41) is 2.77. The molecule has 4 nitrogen and oxygen atoms in total. The second-order valence-corrected chi connectivity index (χ2v) is 3.95. The van der Waals surface area contributed by atoms with E-state index in [1.54, 1.807) is 18.3 Å². The molecule has 1 aromatic rings. The molecular formula is C11H18ClN3O. The van der Waals surface area contributed by atoms with E-state index in [0.29, 0.717) is 23.8 Å². The van der Waals surface area contributed by atoms with Gasteiger partial charge in [-0.15, -0.1) is 12.4 Å². The number of aromatic nitrogens is 1. The lowest BCUT2D eigenvalue weighted by Crippen LogP contribution is -2.12. The van der Waals surface area contributed by atoms with E-state index in [1.165, 1.54) is 0 Å². The molecule has 3 N–H and O–H groups in total. The Kier molecular flexibility index (Phi) is 6.49. The van der Waals surface area contributed by atoms with Crippen molar-refractivity contribution < 1.29 is 4.79 Å². The average molecular weight is 244 g/mol. The smallest absolute Gasteiger partial charge is 0.224 e. The van der Waals surface area contributed by atoms with Crippen molar-refractivity contribution in [3.05, 3.63) is 18.3 Å². The monoisotopic (exact) mass is 243 g/mol. The van der Waals surface area contributed by atoms with Crippen molar-refractivity contribution in [1.29, 1.82) is 0 Å². The summed E-state index contributed by atoms with van der Waals surface area (Å²) in [7, 11) is 0. The zero-order valence-electron chi connectivity index (χ0n) is 9.56. The summed E-state index contributed by atoms with van der Waals surface area (Å²) in [6, 6.07) is 3.41. The molecule has 90 valence electrons. The summed E-state index contributed by atoms with van der Waals surface area (Å²) >= 11 is 0. The highest BCUT2D eigenvalue weighted by Gasteiger charge is 2.03. The normalized spacial score (nSPS) is 9.69. The van der Waals surface area contributed by atoms with Gasteiger partial charge in [-0.25, -0.2) is 4.98 Å². The van der Waals surface area contributed by atoms with Gasteiger partial charge in [0, 0.05) is 6.42 Å². The quantitative estimate of drug-likeness (QED) is 0.854. The number of halogens is 1. The summed E-state index contributed by atoms with van der Waals surface area (Å²) in [5.41, 5.74) is 6.12. The first-order valence-corrected chi connectivity index (χ1v) is 5.09. The Morgan fingerprint density at radius 1 is 1.50 bits per heavy atom. The predicted molar refractivity (Wildman–Crippen MR) is 68.6 cm³/mol. The Morgan fingerprint density at radius 2 is 2.19 bits per heavy atom. The largest absolute Gasteiger partial charge is 0.384 e. The average Bonchev–Trinajstić information content (AvgIpc) is 2.19. The number of nitrogens with zero attached hydrogens (tertiary/aromatic N) is 1. The standard InChI is InChI=1S/C11H17N3O.ClH/c1-8(2)3-6-11(15)14-9-4-5-10(12)13-7-9;/h4-5,7-8H,3,6H2,1-2H3,(H2,12,13)(H,14,15);1H. The topological polar surface area (TPSA) is 68.0 Å². The lowest BCUT2D eigenvalue weighted by atomic mass is 10.1. The SMILES string of the molecule is CC(C)CCC(=O)Nc1ccc(N)nc1.Cl. The van der Waals surface area contributed by atoms with Gasteiger partial charge in [-0.2, -0.15) is 0 Å². The number of nitrogens with one attached hydrogen (secondary N) is 1. The van der Waals surface area contributed by atoms with E-state index in [1.807, 2.05) is 0 Å². The summed E-state index contributed by atoms with van der Waals surface area (Å²) in [6.45, 7) is 4.19. The lowest BCUT2D eigenvalue weighted by molar-refractivity contribution is -0.116. The molecule has 16 heavy (non-hydrogen) atoms. The van der Waals surface area contributed by atoms with E-state index in [4.69, 9.17) is 5.73 Å². The van der Waals surface area contributed by atoms with Crippen LogP contribution in [0.25, 0.3) is 0 Å². The molecule has 0 aliphatic heterocycles. The number of hydrogen-bond acceptors (Lipinski definition) is 3. The molecule has 0 atom stereocenters. The van der Waals surface area contributed by atoms with Gasteiger partial charge in [0.05, 0.1) is 11.9 Å². The summed E-state index contributed by atoms with van der Waals surface area (Å²) in [5.74, 6) is 1.02. The minimum Gasteiger partial charge on any atom is -0.384 e. The number of pyridine rings is 1. The molecule has 0 saturated heterocycles. The molecule has 0 fully saturated rings. The number of rotatable bonds is 4. The Morgan fingerprint density at radius 3 is 2.69 bits per heavy atom. The Bertz CT molecular complexity index is 325. The van der Waals surface area contributed by atoms with Gasteiger partial charge in [-0.3, -0.25) is 4.79 Å². The fourth-order valence-electron chi connectivity index (χ4n) is 1.12. The van der Waals surface area contributed by atoms with Crippen LogP contribution in [0.5, 0.6) is 0 Å². The van der Waals surface area contributed by atoms with Gasteiger partial charge in [0.15, 0.2) is 0 Å². The van der Waals surface area contributed by atoms with Gasteiger partial charge in [0.1, 0.15) is 5.82 Å². The van der Waals surface area contributed by atoms with Crippen molar-refractivity contribution in [3.8, 4) is 0 Å². The second kappa shape index (κ2) is 7.06. The van der Waals surface area contributed by atoms with Crippen molar-refractivity contribution in [2.45, 2.75) is 26.7 Å². The Hall–Kier alpha value is -1.29. The fourth-order valence-corrected chi connectivity index (χ4v) is 1.12. The minimum absolute atomic E-state index is 0. The second-order valence-electron chi connectivity index (χ2n) is 3.95. The first-order chi connectivity index (χ1) is 7.08. The molecule has 0 saturated carbocycles. The number of anilines is 2.